The average molecular weight is 286 g/mol. The molecule has 0 aromatic heterocycles. The van der Waals surface area contributed by atoms with Crippen molar-refractivity contribution in [2.24, 2.45) is 0 Å². The summed E-state index contributed by atoms with van der Waals surface area (Å²) in [4.78, 5) is 0. The van der Waals surface area contributed by atoms with Crippen molar-refractivity contribution in [1.82, 2.24) is 0 Å². The summed E-state index contributed by atoms with van der Waals surface area (Å²) in [5.41, 5.74) is 3.81. The van der Waals surface area contributed by atoms with E-state index < -0.39 is 12.2 Å². The summed E-state index contributed by atoms with van der Waals surface area (Å²) in [7, 11) is 3.27. The lowest BCUT2D eigenvalue weighted by Crippen LogP contribution is -2.14. The molecule has 112 valence electrons. The number of aliphatic hydroxyl groups excluding tert-OH is 1. The van der Waals surface area contributed by atoms with Gasteiger partial charge in [0.05, 0.1) is 7.11 Å². The van der Waals surface area contributed by atoms with Crippen LogP contribution < -0.4 is 4.74 Å². The van der Waals surface area contributed by atoms with E-state index in [2.05, 4.69) is 0 Å². The molecule has 1 N–H and O–H groups in total. The maximum Gasteiger partial charge on any atom is 0.122 e. The van der Waals surface area contributed by atoms with Crippen LogP contribution >= 0.6 is 0 Å². The van der Waals surface area contributed by atoms with Crippen molar-refractivity contribution in [2.75, 3.05) is 14.2 Å². The largest absolute Gasteiger partial charge is 0.496 e. The molecule has 2 atom stereocenters. The van der Waals surface area contributed by atoms with Gasteiger partial charge in [0.2, 0.25) is 0 Å². The molecule has 21 heavy (non-hydrogen) atoms. The first kappa shape index (κ1) is 15.5. The number of hydrogen-bond acceptors (Lipinski definition) is 3. The van der Waals surface area contributed by atoms with Crippen molar-refractivity contribution < 1.29 is 14.6 Å². The number of aliphatic hydroxyl groups is 1. The maximum absolute atomic E-state index is 10.7. The third-order valence-electron chi connectivity index (χ3n) is 3.77. The third kappa shape index (κ3) is 3.26. The predicted molar refractivity (Wildman–Crippen MR) is 83.6 cm³/mol. The third-order valence-corrected chi connectivity index (χ3v) is 3.77. The Hall–Kier alpha value is -1.84. The molecule has 0 aliphatic rings. The molecule has 2 rings (SSSR count). The molecule has 0 saturated heterocycles. The van der Waals surface area contributed by atoms with Gasteiger partial charge < -0.3 is 14.6 Å². The van der Waals surface area contributed by atoms with Gasteiger partial charge in [-0.15, -0.1) is 0 Å². The molecule has 0 bridgehead atoms. The molecule has 0 radical (unpaired) electrons. The molecule has 0 aliphatic heterocycles. The van der Waals surface area contributed by atoms with Gasteiger partial charge in [-0.25, -0.2) is 0 Å². The van der Waals surface area contributed by atoms with Crippen molar-refractivity contribution in [3.8, 4) is 5.75 Å². The van der Waals surface area contributed by atoms with Gasteiger partial charge in [0.15, 0.2) is 0 Å². The van der Waals surface area contributed by atoms with E-state index in [1.54, 1.807) is 14.2 Å². The van der Waals surface area contributed by atoms with Crippen LogP contribution in [0.5, 0.6) is 5.75 Å². The average Bonchev–Trinajstić information content (AvgIpc) is 2.50. The van der Waals surface area contributed by atoms with Crippen molar-refractivity contribution in [2.45, 2.75) is 26.1 Å². The van der Waals surface area contributed by atoms with Crippen LogP contribution in [-0.4, -0.2) is 19.3 Å². The standard InChI is InChI=1S/C18H22O3/c1-12-11-16(20-3)13(2)10-15(12)17(19)18(21-4)14-8-6-5-7-9-14/h5-11,17-19H,1-4H3. The Morgan fingerprint density at radius 1 is 0.952 bits per heavy atom. The zero-order chi connectivity index (χ0) is 15.4. The fourth-order valence-corrected chi connectivity index (χ4v) is 2.60. The first-order valence-corrected chi connectivity index (χ1v) is 6.99. The smallest absolute Gasteiger partial charge is 0.122 e. The van der Waals surface area contributed by atoms with Gasteiger partial charge >= 0.3 is 0 Å². The van der Waals surface area contributed by atoms with E-state index in [1.165, 1.54) is 0 Å². The van der Waals surface area contributed by atoms with E-state index in [1.807, 2.05) is 56.3 Å². The quantitative estimate of drug-likeness (QED) is 0.910. The van der Waals surface area contributed by atoms with Gasteiger partial charge in [-0.05, 0) is 48.2 Å². The van der Waals surface area contributed by atoms with Crippen molar-refractivity contribution >= 4 is 0 Å². The van der Waals surface area contributed by atoms with Crippen LogP contribution in [0.1, 0.15) is 34.5 Å². The van der Waals surface area contributed by atoms with Gasteiger partial charge in [-0.3, -0.25) is 0 Å². The normalized spacial score (nSPS) is 13.8. The molecule has 0 spiro atoms. The van der Waals surface area contributed by atoms with Crippen molar-refractivity contribution in [1.29, 1.82) is 0 Å². The molecule has 3 nitrogen and oxygen atoms in total. The summed E-state index contributed by atoms with van der Waals surface area (Å²) in [6.45, 7) is 3.94. The van der Waals surface area contributed by atoms with E-state index in [9.17, 15) is 5.11 Å². The summed E-state index contributed by atoms with van der Waals surface area (Å²) in [6, 6.07) is 13.7. The molecule has 0 fully saturated rings. The van der Waals surface area contributed by atoms with Gasteiger partial charge in [0.25, 0.3) is 0 Å². The second-order valence-corrected chi connectivity index (χ2v) is 5.19. The molecule has 0 heterocycles. The molecule has 0 amide bonds. The first-order valence-electron chi connectivity index (χ1n) is 6.99. The molecule has 2 aromatic rings. The topological polar surface area (TPSA) is 38.7 Å². The van der Waals surface area contributed by atoms with Crippen molar-refractivity contribution in [3.63, 3.8) is 0 Å². The number of ether oxygens (including phenoxy) is 2. The zero-order valence-electron chi connectivity index (χ0n) is 13.0. The van der Waals surface area contributed by atoms with Crippen LogP contribution in [0, 0.1) is 13.8 Å². The van der Waals surface area contributed by atoms with Crippen LogP contribution in [0.15, 0.2) is 42.5 Å². The Morgan fingerprint density at radius 3 is 2.19 bits per heavy atom. The summed E-state index contributed by atoms with van der Waals surface area (Å²) >= 11 is 0. The summed E-state index contributed by atoms with van der Waals surface area (Å²) in [5, 5.41) is 10.7. The summed E-state index contributed by atoms with van der Waals surface area (Å²) < 4.78 is 10.8. The van der Waals surface area contributed by atoms with Gasteiger partial charge in [0.1, 0.15) is 18.0 Å². The molecule has 0 aliphatic carbocycles. The number of methoxy groups -OCH3 is 2. The molecule has 3 heteroatoms. The maximum atomic E-state index is 10.7. The van der Waals surface area contributed by atoms with Crippen LogP contribution in [0.2, 0.25) is 0 Å². The fraction of sp³-hybridized carbons (Fsp3) is 0.333. The first-order chi connectivity index (χ1) is 10.1. The zero-order valence-corrected chi connectivity index (χ0v) is 13.0. The summed E-state index contributed by atoms with van der Waals surface area (Å²) in [6.07, 6.45) is -1.11. The highest BCUT2D eigenvalue weighted by Crippen LogP contribution is 2.35. The molecule has 2 unspecified atom stereocenters. The molecular formula is C18H22O3. The van der Waals surface area contributed by atoms with Crippen LogP contribution in [0.25, 0.3) is 0 Å². The SMILES string of the molecule is COc1cc(C)c(C(O)C(OC)c2ccccc2)cc1C. The number of aryl methyl sites for hydroxylation is 2. The molecule has 2 aromatic carbocycles. The van der Waals surface area contributed by atoms with Crippen molar-refractivity contribution in [3.05, 3.63) is 64.7 Å². The highest BCUT2D eigenvalue weighted by Gasteiger charge is 2.24. The number of hydrogen-bond donors (Lipinski definition) is 1. The lowest BCUT2D eigenvalue weighted by Gasteiger charge is -2.24. The Bertz CT molecular complexity index is 593. The van der Waals surface area contributed by atoms with Crippen LogP contribution in [0.4, 0.5) is 0 Å². The second kappa shape index (κ2) is 6.74. The predicted octanol–water partition coefficient (Wildman–Crippen LogP) is 3.73. The molecular weight excluding hydrogens is 264 g/mol. The van der Waals surface area contributed by atoms with Gasteiger partial charge in [-0.2, -0.15) is 0 Å². The van der Waals surface area contributed by atoms with E-state index in [-0.39, 0.29) is 0 Å². The Balaban J connectivity index is 2.38. The van der Waals surface area contributed by atoms with Gasteiger partial charge in [0, 0.05) is 7.11 Å². The minimum Gasteiger partial charge on any atom is -0.496 e. The van der Waals surface area contributed by atoms with Gasteiger partial charge in [-0.1, -0.05) is 30.3 Å². The minimum absolute atomic E-state index is 0.391. The van der Waals surface area contributed by atoms with Crippen LogP contribution in [0.3, 0.4) is 0 Å². The van der Waals surface area contributed by atoms with E-state index in [0.717, 1.165) is 28.0 Å². The Labute approximate surface area is 126 Å². The second-order valence-electron chi connectivity index (χ2n) is 5.19. The highest BCUT2D eigenvalue weighted by molar-refractivity contribution is 5.43. The lowest BCUT2D eigenvalue weighted by atomic mass is 9.93. The van der Waals surface area contributed by atoms with E-state index in [0.29, 0.717) is 0 Å². The Morgan fingerprint density at radius 2 is 1.62 bits per heavy atom. The summed E-state index contributed by atoms with van der Waals surface area (Å²) in [5.74, 6) is 0.831. The number of benzene rings is 2. The molecule has 0 saturated carbocycles. The lowest BCUT2D eigenvalue weighted by molar-refractivity contribution is -0.0152. The van der Waals surface area contributed by atoms with E-state index in [4.69, 9.17) is 9.47 Å². The Kier molecular flexibility index (Phi) is 4.99. The minimum atomic E-state index is -0.720. The number of rotatable bonds is 5. The van der Waals surface area contributed by atoms with E-state index >= 15 is 0 Å². The monoisotopic (exact) mass is 286 g/mol. The van der Waals surface area contributed by atoms with Crippen LogP contribution in [-0.2, 0) is 4.74 Å². The fourth-order valence-electron chi connectivity index (χ4n) is 2.60. The highest BCUT2D eigenvalue weighted by atomic mass is 16.5.